The van der Waals surface area contributed by atoms with E-state index in [4.69, 9.17) is 9.47 Å². The third-order valence-corrected chi connectivity index (χ3v) is 5.39. The summed E-state index contributed by atoms with van der Waals surface area (Å²) >= 11 is 0. The molecule has 0 heterocycles. The maximum Gasteiger partial charge on any atom is 0.333 e. The zero-order valence-corrected chi connectivity index (χ0v) is 18.6. The molecule has 3 aromatic rings. The van der Waals surface area contributed by atoms with Crippen molar-refractivity contribution in [2.45, 2.75) is 38.4 Å². The summed E-state index contributed by atoms with van der Waals surface area (Å²) in [5.74, 6) is 12.3. The fourth-order valence-electron chi connectivity index (χ4n) is 3.74. The molecule has 3 nitrogen and oxygen atoms in total. The molecule has 33 heavy (non-hydrogen) atoms. The van der Waals surface area contributed by atoms with Crippen molar-refractivity contribution in [3.8, 4) is 23.7 Å². The molecule has 0 aromatic heterocycles. The molecule has 0 amide bonds. The first-order valence-corrected chi connectivity index (χ1v) is 11.3. The van der Waals surface area contributed by atoms with Crippen LogP contribution in [0.4, 0.5) is 0 Å². The van der Waals surface area contributed by atoms with Crippen molar-refractivity contribution in [3.05, 3.63) is 95.6 Å². The third-order valence-electron chi connectivity index (χ3n) is 5.39. The zero-order chi connectivity index (χ0) is 22.7. The van der Waals surface area contributed by atoms with Crippen LogP contribution in [0.1, 0.15) is 42.9 Å². The molecule has 0 saturated heterocycles. The van der Waals surface area contributed by atoms with Gasteiger partial charge in [0, 0.05) is 24.5 Å². The lowest BCUT2D eigenvalue weighted by Crippen LogP contribution is -2.18. The average molecular weight is 435 g/mol. The van der Waals surface area contributed by atoms with Crippen LogP contribution in [0.15, 0.2) is 84.4 Å². The normalized spacial score (nSPS) is 15.7. The van der Waals surface area contributed by atoms with E-state index in [1.807, 2.05) is 72.8 Å². The Kier molecular flexibility index (Phi) is 7.96. The Balaban J connectivity index is 1.61. The van der Waals surface area contributed by atoms with Gasteiger partial charge in [0.2, 0.25) is 0 Å². The quantitative estimate of drug-likeness (QED) is 0.331. The second-order valence-electron chi connectivity index (χ2n) is 7.85. The van der Waals surface area contributed by atoms with Gasteiger partial charge in [-0.2, -0.15) is 0 Å². The highest BCUT2D eigenvalue weighted by Gasteiger charge is 2.23. The van der Waals surface area contributed by atoms with Gasteiger partial charge in [-0.25, -0.2) is 4.79 Å². The van der Waals surface area contributed by atoms with Crippen LogP contribution in [0.3, 0.4) is 0 Å². The highest BCUT2D eigenvalue weighted by Crippen LogP contribution is 2.32. The lowest BCUT2D eigenvalue weighted by Gasteiger charge is -2.20. The van der Waals surface area contributed by atoms with Gasteiger partial charge in [-0.15, -0.1) is 0 Å². The maximum absolute atomic E-state index is 12.8. The van der Waals surface area contributed by atoms with Gasteiger partial charge in [-0.05, 0) is 29.2 Å². The molecule has 0 N–H and O–H groups in total. The first-order chi connectivity index (χ1) is 16.3. The molecule has 0 bridgehead atoms. The van der Waals surface area contributed by atoms with Crippen molar-refractivity contribution in [2.24, 2.45) is 0 Å². The van der Waals surface area contributed by atoms with Crippen LogP contribution in [-0.4, -0.2) is 12.6 Å². The monoisotopic (exact) mass is 434 g/mol. The third kappa shape index (κ3) is 6.36. The zero-order valence-electron chi connectivity index (χ0n) is 18.6. The molecule has 0 aliphatic heterocycles. The number of ether oxygens (including phenoxy) is 2. The number of hydrogen-bond acceptors (Lipinski definition) is 3. The summed E-state index contributed by atoms with van der Waals surface area (Å²) in [6, 6.07) is 23.8. The lowest BCUT2D eigenvalue weighted by atomic mass is 9.95. The minimum atomic E-state index is -0.648. The summed E-state index contributed by atoms with van der Waals surface area (Å²) in [6.45, 7) is 0.214. The topological polar surface area (TPSA) is 35.5 Å². The predicted octanol–water partition coefficient (Wildman–Crippen LogP) is 6.15. The first kappa shape index (κ1) is 22.4. The van der Waals surface area contributed by atoms with Crippen molar-refractivity contribution in [1.82, 2.24) is 0 Å². The molecule has 0 saturated carbocycles. The molecule has 0 fully saturated rings. The summed E-state index contributed by atoms with van der Waals surface area (Å²) in [5, 5.41) is 2.10. The van der Waals surface area contributed by atoms with Crippen LogP contribution < -0.4 is 0 Å². The van der Waals surface area contributed by atoms with Crippen molar-refractivity contribution < 1.29 is 14.3 Å². The van der Waals surface area contributed by atoms with E-state index in [2.05, 4.69) is 23.7 Å². The Hall–Kier alpha value is -3.79. The highest BCUT2D eigenvalue weighted by atomic mass is 16.6. The SMILES string of the molecule is O=C(COCc1ccccc1)OC(/C1=C/C#CCCCCC#C1)c1cccc2ccccc12. The molecule has 3 aromatic carbocycles. The molecular formula is C30H26O3. The number of hydrogen-bond donors (Lipinski definition) is 0. The summed E-state index contributed by atoms with van der Waals surface area (Å²) in [6.07, 6.45) is 4.85. The Bertz CT molecular complexity index is 1240. The molecule has 4 rings (SSSR count). The van der Waals surface area contributed by atoms with Gasteiger partial charge >= 0.3 is 5.97 Å². The Morgan fingerprint density at radius 1 is 0.879 bits per heavy atom. The van der Waals surface area contributed by atoms with E-state index in [1.165, 1.54) is 0 Å². The molecule has 0 spiro atoms. The van der Waals surface area contributed by atoms with E-state index < -0.39 is 12.1 Å². The number of rotatable bonds is 7. The van der Waals surface area contributed by atoms with Crippen LogP contribution in [0.5, 0.6) is 0 Å². The molecular weight excluding hydrogens is 408 g/mol. The lowest BCUT2D eigenvalue weighted by molar-refractivity contribution is -0.153. The van der Waals surface area contributed by atoms with Gasteiger partial charge in [0.1, 0.15) is 6.61 Å². The van der Waals surface area contributed by atoms with Crippen molar-refractivity contribution in [3.63, 3.8) is 0 Å². The number of benzene rings is 3. The average Bonchev–Trinajstić information content (AvgIpc) is 2.86. The van der Waals surface area contributed by atoms with Gasteiger partial charge in [0.25, 0.3) is 0 Å². The highest BCUT2D eigenvalue weighted by molar-refractivity contribution is 5.87. The summed E-state index contributed by atoms with van der Waals surface area (Å²) in [4.78, 5) is 12.8. The van der Waals surface area contributed by atoms with Gasteiger partial charge < -0.3 is 9.47 Å². The summed E-state index contributed by atoms with van der Waals surface area (Å²) in [5.41, 5.74) is 2.59. The minimum absolute atomic E-state index is 0.136. The van der Waals surface area contributed by atoms with Crippen LogP contribution >= 0.6 is 0 Å². The molecule has 1 unspecified atom stereocenters. The van der Waals surface area contributed by atoms with Gasteiger partial charge in [-0.1, -0.05) is 96.5 Å². The van der Waals surface area contributed by atoms with Crippen LogP contribution in [0.2, 0.25) is 0 Å². The van der Waals surface area contributed by atoms with Crippen molar-refractivity contribution in [1.29, 1.82) is 0 Å². The van der Waals surface area contributed by atoms with Crippen LogP contribution in [-0.2, 0) is 20.9 Å². The van der Waals surface area contributed by atoms with Gasteiger partial charge in [0.15, 0.2) is 6.10 Å². The Morgan fingerprint density at radius 3 is 2.52 bits per heavy atom. The van der Waals surface area contributed by atoms with E-state index in [0.717, 1.165) is 47.6 Å². The fourth-order valence-corrected chi connectivity index (χ4v) is 3.74. The number of carbonyl (C=O) groups is 1. The van der Waals surface area contributed by atoms with Crippen LogP contribution in [0, 0.1) is 23.7 Å². The van der Waals surface area contributed by atoms with Crippen molar-refractivity contribution in [2.75, 3.05) is 6.61 Å². The Morgan fingerprint density at radius 2 is 1.64 bits per heavy atom. The summed E-state index contributed by atoms with van der Waals surface area (Å²) < 4.78 is 11.6. The minimum Gasteiger partial charge on any atom is -0.450 e. The second kappa shape index (κ2) is 11.7. The molecule has 1 atom stereocenters. The Labute approximate surface area is 195 Å². The predicted molar refractivity (Wildman–Crippen MR) is 131 cm³/mol. The number of esters is 1. The standard InChI is InChI=1S/C30H26O3/c31-29(23-32-22-24-14-7-6-8-15-24)33-30(26-17-9-4-2-1-3-5-10-18-26)28-21-13-19-25-16-11-12-20-27(25)28/h6-8,11-16,18-21,30H,1-4,22-23H2/b26-18+. The second-order valence-corrected chi connectivity index (χ2v) is 7.85. The molecule has 3 heteroatoms. The van der Waals surface area contributed by atoms with E-state index >= 15 is 0 Å². The first-order valence-electron chi connectivity index (χ1n) is 11.3. The van der Waals surface area contributed by atoms with Gasteiger partial charge in [0.05, 0.1) is 12.2 Å². The maximum atomic E-state index is 12.8. The van der Waals surface area contributed by atoms with E-state index in [-0.39, 0.29) is 6.61 Å². The van der Waals surface area contributed by atoms with E-state index in [9.17, 15) is 4.79 Å². The van der Waals surface area contributed by atoms with Gasteiger partial charge in [-0.3, -0.25) is 0 Å². The number of allylic oxidation sites excluding steroid dienone is 1. The smallest absolute Gasteiger partial charge is 0.333 e. The molecule has 164 valence electrons. The molecule has 0 radical (unpaired) electrons. The largest absolute Gasteiger partial charge is 0.450 e. The van der Waals surface area contributed by atoms with E-state index in [0.29, 0.717) is 12.2 Å². The molecule has 1 aliphatic rings. The van der Waals surface area contributed by atoms with Crippen LogP contribution in [0.25, 0.3) is 10.8 Å². The number of fused-ring (bicyclic) bond motifs is 1. The van der Waals surface area contributed by atoms with Crippen molar-refractivity contribution >= 4 is 16.7 Å². The number of carbonyl (C=O) groups excluding carboxylic acids is 1. The fraction of sp³-hybridized carbons (Fsp3) is 0.233. The summed E-state index contributed by atoms with van der Waals surface area (Å²) in [7, 11) is 0. The van der Waals surface area contributed by atoms with E-state index in [1.54, 1.807) is 6.08 Å². The molecule has 1 aliphatic carbocycles.